The van der Waals surface area contributed by atoms with Crippen molar-refractivity contribution in [2.75, 3.05) is 19.6 Å². The van der Waals surface area contributed by atoms with Gasteiger partial charge in [0, 0.05) is 6.54 Å². The van der Waals surface area contributed by atoms with Gasteiger partial charge in [-0.1, -0.05) is 19.3 Å². The minimum atomic E-state index is 0.220. The average Bonchev–Trinajstić information content (AvgIpc) is 2.69. The Balaban J connectivity index is 2.08. The van der Waals surface area contributed by atoms with E-state index in [2.05, 4.69) is 20.8 Å². The highest BCUT2D eigenvalue weighted by atomic mass is 79.9. The van der Waals surface area contributed by atoms with Gasteiger partial charge < -0.3 is 10.2 Å². The lowest BCUT2D eigenvalue weighted by molar-refractivity contribution is 0.163. The van der Waals surface area contributed by atoms with Crippen LogP contribution in [0, 0.1) is 0 Å². The monoisotopic (exact) mass is 300 g/mol. The molecule has 1 aromatic rings. The van der Waals surface area contributed by atoms with Crippen LogP contribution in [0.4, 0.5) is 0 Å². The van der Waals surface area contributed by atoms with Crippen LogP contribution in [0.25, 0.3) is 0 Å². The van der Waals surface area contributed by atoms with Crippen LogP contribution in [-0.4, -0.2) is 24.5 Å². The molecule has 2 rings (SSSR count). The molecule has 0 amide bonds. The lowest BCUT2D eigenvalue weighted by Crippen LogP contribution is -2.36. The van der Waals surface area contributed by atoms with Crippen LogP contribution in [0.1, 0.15) is 43.9 Å². The molecule has 96 valence electrons. The third-order valence-electron chi connectivity index (χ3n) is 3.50. The second kappa shape index (κ2) is 6.57. The normalized spacial score (nSPS) is 20.8. The summed E-state index contributed by atoms with van der Waals surface area (Å²) in [6.07, 6.45) is 8.33. The summed E-state index contributed by atoms with van der Waals surface area (Å²) < 4.78 is 6.61. The molecule has 17 heavy (non-hydrogen) atoms. The zero-order valence-corrected chi connectivity index (χ0v) is 11.8. The van der Waals surface area contributed by atoms with Crippen molar-refractivity contribution in [2.24, 2.45) is 5.73 Å². The molecule has 1 aromatic heterocycles. The molecule has 3 nitrogen and oxygen atoms in total. The molecular weight excluding hydrogens is 280 g/mol. The minimum Gasteiger partial charge on any atom is -0.466 e. The fraction of sp³-hybridized carbons (Fsp3) is 0.692. The highest BCUT2D eigenvalue weighted by molar-refractivity contribution is 9.10. The van der Waals surface area contributed by atoms with Gasteiger partial charge in [-0.3, -0.25) is 4.90 Å². The maximum atomic E-state index is 5.93. The van der Waals surface area contributed by atoms with Crippen molar-refractivity contribution in [2.45, 2.75) is 38.1 Å². The van der Waals surface area contributed by atoms with Crippen LogP contribution in [0.2, 0.25) is 0 Å². The van der Waals surface area contributed by atoms with Gasteiger partial charge >= 0.3 is 0 Å². The Kier molecular flexibility index (Phi) is 5.07. The summed E-state index contributed by atoms with van der Waals surface area (Å²) in [7, 11) is 0. The Morgan fingerprint density at radius 3 is 2.41 bits per heavy atom. The topological polar surface area (TPSA) is 42.4 Å². The second-order valence-electron chi connectivity index (χ2n) is 4.69. The van der Waals surface area contributed by atoms with Gasteiger partial charge in [-0.15, -0.1) is 0 Å². The quantitative estimate of drug-likeness (QED) is 0.931. The second-order valence-corrected chi connectivity index (χ2v) is 5.54. The van der Waals surface area contributed by atoms with E-state index >= 15 is 0 Å². The zero-order valence-electron chi connectivity index (χ0n) is 10.2. The van der Waals surface area contributed by atoms with Gasteiger partial charge in [0.1, 0.15) is 5.76 Å². The van der Waals surface area contributed by atoms with Gasteiger partial charge in [-0.2, -0.15) is 0 Å². The Hall–Kier alpha value is -0.320. The van der Waals surface area contributed by atoms with Gasteiger partial charge in [0.15, 0.2) is 0 Å². The maximum absolute atomic E-state index is 5.93. The summed E-state index contributed by atoms with van der Waals surface area (Å²) in [5.74, 6) is 0.980. The highest BCUT2D eigenvalue weighted by Gasteiger charge is 2.23. The number of likely N-dealkylation sites (tertiary alicyclic amines) is 1. The third-order valence-corrected chi connectivity index (χ3v) is 4.16. The number of halogens is 1. The van der Waals surface area contributed by atoms with E-state index in [-0.39, 0.29) is 6.04 Å². The Bertz CT molecular complexity index is 332. The molecular formula is C13H21BrN2O. The van der Waals surface area contributed by atoms with Crippen LogP contribution < -0.4 is 5.73 Å². The minimum absolute atomic E-state index is 0.220. The first-order valence-electron chi connectivity index (χ1n) is 6.50. The summed E-state index contributed by atoms with van der Waals surface area (Å²) in [6.45, 7) is 2.89. The smallest absolute Gasteiger partial charge is 0.136 e. The molecule has 1 atom stereocenters. The molecule has 0 aliphatic carbocycles. The largest absolute Gasteiger partial charge is 0.466 e. The SMILES string of the molecule is NCC(c1occc1Br)N1CCCCCCC1. The maximum Gasteiger partial charge on any atom is 0.136 e. The molecule has 2 N–H and O–H groups in total. The molecule has 0 spiro atoms. The van der Waals surface area contributed by atoms with E-state index in [1.165, 1.54) is 32.1 Å². The number of rotatable bonds is 3. The first-order valence-corrected chi connectivity index (χ1v) is 7.29. The van der Waals surface area contributed by atoms with Crippen molar-refractivity contribution < 1.29 is 4.42 Å². The summed E-state index contributed by atoms with van der Waals surface area (Å²) in [5.41, 5.74) is 5.93. The average molecular weight is 301 g/mol. The lowest BCUT2D eigenvalue weighted by Gasteiger charge is -2.31. The molecule has 2 heterocycles. The van der Waals surface area contributed by atoms with Crippen molar-refractivity contribution in [3.8, 4) is 0 Å². The Morgan fingerprint density at radius 2 is 1.88 bits per heavy atom. The summed E-state index contributed by atoms with van der Waals surface area (Å²) >= 11 is 3.53. The number of furan rings is 1. The number of hydrogen-bond donors (Lipinski definition) is 1. The third kappa shape index (κ3) is 3.33. The number of hydrogen-bond acceptors (Lipinski definition) is 3. The van der Waals surface area contributed by atoms with E-state index < -0.39 is 0 Å². The van der Waals surface area contributed by atoms with Crippen molar-refractivity contribution in [1.82, 2.24) is 4.90 Å². The van der Waals surface area contributed by atoms with E-state index in [0.717, 1.165) is 23.3 Å². The van der Waals surface area contributed by atoms with Crippen LogP contribution in [0.3, 0.4) is 0 Å². The van der Waals surface area contributed by atoms with Gasteiger partial charge in [0.2, 0.25) is 0 Å². The van der Waals surface area contributed by atoms with Crippen LogP contribution >= 0.6 is 15.9 Å². The molecule has 0 radical (unpaired) electrons. The first-order chi connectivity index (χ1) is 8.33. The van der Waals surface area contributed by atoms with Crippen molar-refractivity contribution in [3.63, 3.8) is 0 Å². The molecule has 1 saturated heterocycles. The molecule has 4 heteroatoms. The Morgan fingerprint density at radius 1 is 1.24 bits per heavy atom. The lowest BCUT2D eigenvalue weighted by atomic mass is 10.1. The van der Waals surface area contributed by atoms with E-state index in [1.54, 1.807) is 6.26 Å². The number of nitrogens with zero attached hydrogens (tertiary/aromatic N) is 1. The van der Waals surface area contributed by atoms with E-state index in [1.807, 2.05) is 6.07 Å². The number of nitrogens with two attached hydrogens (primary N) is 1. The van der Waals surface area contributed by atoms with Crippen LogP contribution in [0.5, 0.6) is 0 Å². The molecule has 1 unspecified atom stereocenters. The molecule has 1 fully saturated rings. The standard InChI is InChI=1S/C13H21BrN2O/c14-11-6-9-17-13(11)12(10-15)16-7-4-2-1-3-5-8-16/h6,9,12H,1-5,7-8,10,15H2. The summed E-state index contributed by atoms with van der Waals surface area (Å²) in [4.78, 5) is 2.47. The van der Waals surface area contributed by atoms with Gasteiger partial charge in [0.05, 0.1) is 16.8 Å². The van der Waals surface area contributed by atoms with E-state index in [4.69, 9.17) is 10.2 Å². The summed E-state index contributed by atoms with van der Waals surface area (Å²) in [5, 5.41) is 0. The first kappa shape index (κ1) is 13.1. The fourth-order valence-corrected chi connectivity index (χ4v) is 3.01. The van der Waals surface area contributed by atoms with Crippen molar-refractivity contribution in [3.05, 3.63) is 22.6 Å². The highest BCUT2D eigenvalue weighted by Crippen LogP contribution is 2.29. The van der Waals surface area contributed by atoms with Gasteiger partial charge in [-0.05, 0) is 47.9 Å². The predicted molar refractivity (Wildman–Crippen MR) is 72.9 cm³/mol. The van der Waals surface area contributed by atoms with Crippen LogP contribution in [-0.2, 0) is 0 Å². The molecule has 0 saturated carbocycles. The molecule has 1 aliphatic heterocycles. The fourth-order valence-electron chi connectivity index (χ4n) is 2.55. The van der Waals surface area contributed by atoms with Crippen LogP contribution in [0.15, 0.2) is 21.2 Å². The van der Waals surface area contributed by atoms with Crippen molar-refractivity contribution >= 4 is 15.9 Å². The predicted octanol–water partition coefficient (Wildman–Crippen LogP) is 3.31. The molecule has 0 bridgehead atoms. The zero-order chi connectivity index (χ0) is 12.1. The van der Waals surface area contributed by atoms with Crippen molar-refractivity contribution in [1.29, 1.82) is 0 Å². The van der Waals surface area contributed by atoms with E-state index in [9.17, 15) is 0 Å². The molecule has 1 aliphatic rings. The van der Waals surface area contributed by atoms with E-state index in [0.29, 0.717) is 6.54 Å². The summed E-state index contributed by atoms with van der Waals surface area (Å²) in [6, 6.07) is 2.17. The Labute approximate surface area is 111 Å². The van der Waals surface area contributed by atoms with Gasteiger partial charge in [0.25, 0.3) is 0 Å². The molecule has 0 aromatic carbocycles. The van der Waals surface area contributed by atoms with Gasteiger partial charge in [-0.25, -0.2) is 0 Å².